The molecule has 29 heavy (non-hydrogen) atoms. The number of hydrogen-bond donors (Lipinski definition) is 8. The van der Waals surface area contributed by atoms with Crippen LogP contribution < -0.4 is 21.7 Å². The molecule has 0 aromatic carbocycles. The second-order valence-corrected chi connectivity index (χ2v) is 6.77. The van der Waals surface area contributed by atoms with Gasteiger partial charge >= 0.3 is 11.9 Å². The van der Waals surface area contributed by atoms with Gasteiger partial charge < -0.3 is 37.0 Å². The van der Waals surface area contributed by atoms with Gasteiger partial charge in [0, 0.05) is 5.75 Å². The molecule has 0 heterocycles. The summed E-state index contributed by atoms with van der Waals surface area (Å²) in [4.78, 5) is 58.5. The van der Waals surface area contributed by atoms with Gasteiger partial charge in [0.15, 0.2) is 0 Å². The van der Waals surface area contributed by atoms with Crippen LogP contribution in [0, 0.1) is 5.92 Å². The van der Waals surface area contributed by atoms with E-state index in [1.54, 1.807) is 13.8 Å². The van der Waals surface area contributed by atoms with Crippen molar-refractivity contribution in [2.24, 2.45) is 11.7 Å². The van der Waals surface area contributed by atoms with E-state index in [1.807, 2.05) is 0 Å². The second-order valence-electron chi connectivity index (χ2n) is 6.40. The molecule has 8 N–H and O–H groups in total. The maximum atomic E-state index is 12.6. The van der Waals surface area contributed by atoms with Gasteiger partial charge in [0.05, 0.1) is 19.1 Å². The van der Waals surface area contributed by atoms with Crippen LogP contribution in [-0.4, -0.2) is 81.5 Å². The molecule has 5 atom stereocenters. The zero-order chi connectivity index (χ0) is 22.7. The summed E-state index contributed by atoms with van der Waals surface area (Å²) in [6.45, 7) is 2.56. The molecule has 0 bridgehead atoms. The van der Waals surface area contributed by atoms with Crippen molar-refractivity contribution in [2.45, 2.75) is 50.9 Å². The minimum Gasteiger partial charge on any atom is -0.481 e. The Kier molecular flexibility index (Phi) is 11.9. The molecule has 12 nitrogen and oxygen atoms in total. The maximum absolute atomic E-state index is 12.6. The van der Waals surface area contributed by atoms with Gasteiger partial charge in [0.2, 0.25) is 17.7 Å². The Balaban J connectivity index is 5.23. The van der Waals surface area contributed by atoms with E-state index < -0.39 is 72.8 Å². The molecule has 0 saturated heterocycles. The van der Waals surface area contributed by atoms with Crippen molar-refractivity contribution in [3.8, 4) is 0 Å². The minimum absolute atomic E-state index is 0.208. The van der Waals surface area contributed by atoms with Crippen molar-refractivity contribution in [3.63, 3.8) is 0 Å². The highest BCUT2D eigenvalue weighted by molar-refractivity contribution is 7.80. The van der Waals surface area contributed by atoms with Crippen molar-refractivity contribution in [2.75, 3.05) is 12.4 Å². The third-order valence-corrected chi connectivity index (χ3v) is 4.50. The summed E-state index contributed by atoms with van der Waals surface area (Å²) in [7, 11) is 0. The summed E-state index contributed by atoms with van der Waals surface area (Å²) < 4.78 is 0. The second kappa shape index (κ2) is 13.0. The first-order chi connectivity index (χ1) is 13.5. The quantitative estimate of drug-likeness (QED) is 0.141. The molecule has 0 rings (SSSR count). The van der Waals surface area contributed by atoms with Gasteiger partial charge in [-0.2, -0.15) is 12.6 Å². The molecule has 13 heteroatoms. The van der Waals surface area contributed by atoms with Crippen LogP contribution in [0.3, 0.4) is 0 Å². The number of carboxylic acids is 2. The topological polar surface area (TPSA) is 208 Å². The molecule has 0 spiro atoms. The Labute approximate surface area is 173 Å². The number of thiol groups is 1. The van der Waals surface area contributed by atoms with E-state index >= 15 is 0 Å². The number of aliphatic hydroxyl groups is 1. The molecule has 0 aliphatic rings. The lowest BCUT2D eigenvalue weighted by Gasteiger charge is -2.27. The third kappa shape index (κ3) is 9.11. The highest BCUT2D eigenvalue weighted by atomic mass is 32.1. The normalized spacial score (nSPS) is 15.9. The summed E-state index contributed by atoms with van der Waals surface area (Å²) in [5.41, 5.74) is 5.49. The van der Waals surface area contributed by atoms with E-state index in [2.05, 4.69) is 28.6 Å². The van der Waals surface area contributed by atoms with Gasteiger partial charge in [-0.15, -0.1) is 0 Å². The Morgan fingerprint density at radius 3 is 1.93 bits per heavy atom. The van der Waals surface area contributed by atoms with Crippen LogP contribution in [0.1, 0.15) is 26.7 Å². The molecule has 166 valence electrons. The summed E-state index contributed by atoms with van der Waals surface area (Å²) in [6, 6.07) is -5.33. The first-order valence-electron chi connectivity index (χ1n) is 8.81. The number of carbonyl (C=O) groups is 5. The number of rotatable bonds is 13. The van der Waals surface area contributed by atoms with E-state index in [4.69, 9.17) is 15.9 Å². The predicted molar refractivity (Wildman–Crippen MR) is 104 cm³/mol. The number of amides is 3. The average Bonchev–Trinajstić information content (AvgIpc) is 2.66. The molecule has 0 aliphatic carbocycles. The van der Waals surface area contributed by atoms with Gasteiger partial charge in [-0.3, -0.25) is 19.2 Å². The Hall–Kier alpha value is -2.38. The average molecular weight is 436 g/mol. The van der Waals surface area contributed by atoms with Gasteiger partial charge in [0.25, 0.3) is 0 Å². The Morgan fingerprint density at radius 2 is 1.52 bits per heavy atom. The van der Waals surface area contributed by atoms with Crippen LogP contribution in [-0.2, 0) is 24.0 Å². The SMILES string of the molecule is CCC(C)C(NC(=O)C(N)CC(=O)O)C(=O)NC(CO)C(=O)NC(CS)C(=O)O. The van der Waals surface area contributed by atoms with E-state index in [0.29, 0.717) is 6.42 Å². The van der Waals surface area contributed by atoms with Crippen LogP contribution in [0.4, 0.5) is 0 Å². The lowest BCUT2D eigenvalue weighted by molar-refractivity contribution is -0.142. The van der Waals surface area contributed by atoms with Crippen molar-refractivity contribution < 1.29 is 39.3 Å². The van der Waals surface area contributed by atoms with Crippen molar-refractivity contribution in [1.82, 2.24) is 16.0 Å². The summed E-state index contributed by atoms with van der Waals surface area (Å²) in [5, 5.41) is 33.8. The fraction of sp³-hybridized carbons (Fsp3) is 0.688. The fourth-order valence-electron chi connectivity index (χ4n) is 2.16. The van der Waals surface area contributed by atoms with Crippen LogP contribution in [0.5, 0.6) is 0 Å². The van der Waals surface area contributed by atoms with Crippen LogP contribution in [0.25, 0.3) is 0 Å². The van der Waals surface area contributed by atoms with Gasteiger partial charge in [-0.05, 0) is 5.92 Å². The number of aliphatic hydroxyl groups excluding tert-OH is 1. The maximum Gasteiger partial charge on any atom is 0.327 e. The molecule has 5 unspecified atom stereocenters. The van der Waals surface area contributed by atoms with Crippen LogP contribution >= 0.6 is 12.6 Å². The van der Waals surface area contributed by atoms with Crippen LogP contribution in [0.15, 0.2) is 0 Å². The lowest BCUT2D eigenvalue weighted by Crippen LogP contribution is -2.59. The number of carbonyl (C=O) groups excluding carboxylic acids is 3. The smallest absolute Gasteiger partial charge is 0.327 e. The number of carboxylic acid groups (broad SMARTS) is 2. The first kappa shape index (κ1) is 26.6. The Bertz CT molecular complexity index is 618. The summed E-state index contributed by atoms with van der Waals surface area (Å²) in [5.74, 6) is -5.87. The highest BCUT2D eigenvalue weighted by Crippen LogP contribution is 2.09. The number of nitrogens with one attached hydrogen (secondary N) is 3. The molecule has 0 saturated carbocycles. The van der Waals surface area contributed by atoms with Crippen molar-refractivity contribution in [1.29, 1.82) is 0 Å². The predicted octanol–water partition coefficient (Wildman–Crippen LogP) is -2.70. The molecular weight excluding hydrogens is 408 g/mol. The van der Waals surface area contributed by atoms with Gasteiger partial charge in [-0.1, -0.05) is 20.3 Å². The van der Waals surface area contributed by atoms with Crippen LogP contribution in [0.2, 0.25) is 0 Å². The van der Waals surface area contributed by atoms with Gasteiger partial charge in [0.1, 0.15) is 18.1 Å². The molecule has 0 aromatic rings. The monoisotopic (exact) mass is 436 g/mol. The van der Waals surface area contributed by atoms with E-state index in [0.717, 1.165) is 0 Å². The molecule has 3 amide bonds. The summed E-state index contributed by atoms with van der Waals surface area (Å²) >= 11 is 3.80. The molecule has 0 fully saturated rings. The van der Waals surface area contributed by atoms with Crippen molar-refractivity contribution >= 4 is 42.3 Å². The molecule has 0 aliphatic heterocycles. The van der Waals surface area contributed by atoms with Crippen molar-refractivity contribution in [3.05, 3.63) is 0 Å². The molecular formula is C16H28N4O8S. The fourth-order valence-corrected chi connectivity index (χ4v) is 2.40. The zero-order valence-corrected chi connectivity index (χ0v) is 17.0. The molecule has 0 radical (unpaired) electrons. The first-order valence-corrected chi connectivity index (χ1v) is 9.44. The van der Waals surface area contributed by atoms with E-state index in [1.165, 1.54) is 0 Å². The number of nitrogens with two attached hydrogens (primary N) is 1. The molecule has 0 aromatic heterocycles. The lowest BCUT2D eigenvalue weighted by atomic mass is 9.97. The largest absolute Gasteiger partial charge is 0.481 e. The minimum atomic E-state index is -1.47. The van der Waals surface area contributed by atoms with Gasteiger partial charge in [-0.25, -0.2) is 4.79 Å². The number of aliphatic carboxylic acids is 2. The Morgan fingerprint density at radius 1 is 0.966 bits per heavy atom. The van der Waals surface area contributed by atoms with E-state index in [9.17, 15) is 29.1 Å². The highest BCUT2D eigenvalue weighted by Gasteiger charge is 2.32. The summed E-state index contributed by atoms with van der Waals surface area (Å²) in [6.07, 6.45) is -0.189. The standard InChI is InChI=1S/C16H28N4O8S/c1-3-7(2)12(20-13(24)8(17)4-11(22)23)15(26)18-9(5-21)14(25)19-10(6-29)16(27)28/h7-10,12,21,29H,3-6,17H2,1-2H3,(H,18,26)(H,19,25)(H,20,24)(H,22,23)(H,27,28). The number of hydrogen-bond acceptors (Lipinski definition) is 8. The van der Waals surface area contributed by atoms with E-state index in [-0.39, 0.29) is 5.75 Å². The third-order valence-electron chi connectivity index (χ3n) is 4.14. The zero-order valence-electron chi connectivity index (χ0n) is 16.1.